The zero-order valence-corrected chi connectivity index (χ0v) is 21.0. The van der Waals surface area contributed by atoms with Gasteiger partial charge in [-0.3, -0.25) is 9.59 Å². The molecule has 5 nitrogen and oxygen atoms in total. The second-order valence-electron chi connectivity index (χ2n) is 8.98. The molecule has 1 aromatic heterocycles. The predicted molar refractivity (Wildman–Crippen MR) is 138 cm³/mol. The Kier molecular flexibility index (Phi) is 7.91. The number of hydrogen-bond acceptors (Lipinski definition) is 2. The number of piperazine rings is 1. The molecule has 0 saturated carbocycles. The first-order valence-corrected chi connectivity index (χ1v) is 12.6. The van der Waals surface area contributed by atoms with Gasteiger partial charge in [0.05, 0.1) is 11.3 Å². The second-order valence-corrected chi connectivity index (χ2v) is 9.42. The van der Waals surface area contributed by atoms with Crippen molar-refractivity contribution >= 4 is 23.4 Å². The summed E-state index contributed by atoms with van der Waals surface area (Å²) in [5, 5.41) is 0.618. The largest absolute Gasteiger partial charge is 0.339 e. The average Bonchev–Trinajstić information content (AvgIpc) is 3.21. The zero-order valence-electron chi connectivity index (χ0n) is 20.3. The number of benzene rings is 2. The minimum absolute atomic E-state index is 0.0778. The number of halogens is 2. The molecule has 0 aliphatic carbocycles. The lowest BCUT2D eigenvalue weighted by Gasteiger charge is -2.35. The lowest BCUT2D eigenvalue weighted by Crippen LogP contribution is -2.50. The van der Waals surface area contributed by atoms with Crippen LogP contribution in [0.4, 0.5) is 4.39 Å². The number of rotatable bonds is 7. The number of aromatic nitrogens is 1. The molecule has 0 unspecified atom stereocenters. The second kappa shape index (κ2) is 11.1. The summed E-state index contributed by atoms with van der Waals surface area (Å²) >= 11 is 6.09. The molecule has 1 aliphatic rings. The fourth-order valence-electron chi connectivity index (χ4n) is 4.62. The SMILES string of the molecule is CCCCCC(=O)N1CCN(C(=O)c2cc(-c3ccc(Cl)cc3)n(-c3cccc(F)c3)c2C)CC1. The number of unbranched alkanes of at least 4 members (excludes halogenated alkanes) is 2. The fourth-order valence-corrected chi connectivity index (χ4v) is 4.74. The van der Waals surface area contributed by atoms with E-state index in [1.54, 1.807) is 23.1 Å². The Morgan fingerprint density at radius 3 is 2.29 bits per heavy atom. The highest BCUT2D eigenvalue weighted by Crippen LogP contribution is 2.31. The number of carbonyl (C=O) groups is 2. The maximum Gasteiger partial charge on any atom is 0.255 e. The summed E-state index contributed by atoms with van der Waals surface area (Å²) in [4.78, 5) is 29.7. The van der Waals surface area contributed by atoms with E-state index < -0.39 is 0 Å². The van der Waals surface area contributed by atoms with E-state index in [0.29, 0.717) is 48.9 Å². The van der Waals surface area contributed by atoms with E-state index in [4.69, 9.17) is 11.6 Å². The first kappa shape index (κ1) is 25.0. The highest BCUT2D eigenvalue weighted by molar-refractivity contribution is 6.30. The van der Waals surface area contributed by atoms with Gasteiger partial charge < -0.3 is 14.4 Å². The molecule has 2 aromatic carbocycles. The van der Waals surface area contributed by atoms with E-state index in [2.05, 4.69) is 6.92 Å². The van der Waals surface area contributed by atoms with Gasteiger partial charge in [0.2, 0.25) is 5.91 Å². The van der Waals surface area contributed by atoms with Gasteiger partial charge in [-0.1, -0.05) is 49.6 Å². The van der Waals surface area contributed by atoms with Gasteiger partial charge in [-0.2, -0.15) is 0 Å². The maximum absolute atomic E-state index is 14.1. The molecule has 3 aromatic rings. The van der Waals surface area contributed by atoms with Gasteiger partial charge in [-0.05, 0) is 55.3 Å². The number of nitrogens with zero attached hydrogens (tertiary/aromatic N) is 3. The summed E-state index contributed by atoms with van der Waals surface area (Å²) in [7, 11) is 0. The summed E-state index contributed by atoms with van der Waals surface area (Å²) in [6, 6.07) is 15.6. The van der Waals surface area contributed by atoms with Crippen molar-refractivity contribution < 1.29 is 14.0 Å². The van der Waals surface area contributed by atoms with Gasteiger partial charge in [-0.15, -0.1) is 0 Å². The molecule has 1 saturated heterocycles. The third-order valence-corrected chi connectivity index (χ3v) is 6.85. The Bertz CT molecular complexity index is 1200. The van der Waals surface area contributed by atoms with E-state index in [1.807, 2.05) is 40.7 Å². The molecule has 0 spiro atoms. The summed E-state index contributed by atoms with van der Waals surface area (Å²) in [5.74, 6) is -0.250. The van der Waals surface area contributed by atoms with Gasteiger partial charge in [0, 0.05) is 49.0 Å². The van der Waals surface area contributed by atoms with Crippen molar-refractivity contribution in [1.82, 2.24) is 14.4 Å². The predicted octanol–water partition coefficient (Wildman–Crippen LogP) is 6.11. The molecule has 0 bridgehead atoms. The van der Waals surface area contributed by atoms with E-state index >= 15 is 0 Å². The lowest BCUT2D eigenvalue weighted by atomic mass is 10.1. The molecule has 4 rings (SSSR count). The normalized spacial score (nSPS) is 13.8. The maximum atomic E-state index is 14.1. The number of carbonyl (C=O) groups excluding carboxylic acids is 2. The third-order valence-electron chi connectivity index (χ3n) is 6.60. The van der Waals surface area contributed by atoms with Crippen LogP contribution in [0, 0.1) is 12.7 Å². The molecule has 0 radical (unpaired) electrons. The minimum Gasteiger partial charge on any atom is -0.339 e. The summed E-state index contributed by atoms with van der Waals surface area (Å²) in [5.41, 5.74) is 3.63. The first-order valence-electron chi connectivity index (χ1n) is 12.2. The summed E-state index contributed by atoms with van der Waals surface area (Å²) < 4.78 is 16.0. The van der Waals surface area contributed by atoms with Crippen LogP contribution in [0.1, 0.15) is 48.7 Å². The van der Waals surface area contributed by atoms with Crippen LogP contribution in [0.15, 0.2) is 54.6 Å². The van der Waals surface area contributed by atoms with Gasteiger partial charge in [0.15, 0.2) is 0 Å². The van der Waals surface area contributed by atoms with Gasteiger partial charge in [0.25, 0.3) is 5.91 Å². The number of amides is 2. The Morgan fingerprint density at radius 1 is 0.943 bits per heavy atom. The lowest BCUT2D eigenvalue weighted by molar-refractivity contribution is -0.132. The van der Waals surface area contributed by atoms with E-state index in [1.165, 1.54) is 12.1 Å². The minimum atomic E-state index is -0.342. The molecule has 184 valence electrons. The molecule has 0 atom stereocenters. The van der Waals surface area contributed by atoms with Crippen molar-refractivity contribution in [2.24, 2.45) is 0 Å². The third kappa shape index (κ3) is 5.59. The van der Waals surface area contributed by atoms with Crippen LogP contribution >= 0.6 is 11.6 Å². The molecule has 2 heterocycles. The highest BCUT2D eigenvalue weighted by Gasteiger charge is 2.28. The van der Waals surface area contributed by atoms with Crippen LogP contribution in [0.25, 0.3) is 16.9 Å². The topological polar surface area (TPSA) is 45.6 Å². The molecule has 2 amide bonds. The molecule has 0 N–H and O–H groups in total. The Balaban J connectivity index is 1.59. The van der Waals surface area contributed by atoms with E-state index in [0.717, 1.165) is 36.2 Å². The van der Waals surface area contributed by atoms with Gasteiger partial charge in [-0.25, -0.2) is 4.39 Å². The Morgan fingerprint density at radius 2 is 1.63 bits per heavy atom. The van der Waals surface area contributed by atoms with Crippen molar-refractivity contribution in [2.75, 3.05) is 26.2 Å². The van der Waals surface area contributed by atoms with E-state index in [-0.39, 0.29) is 17.6 Å². The van der Waals surface area contributed by atoms with Crippen LogP contribution in [0.3, 0.4) is 0 Å². The van der Waals surface area contributed by atoms with Gasteiger partial charge in [0.1, 0.15) is 5.82 Å². The first-order chi connectivity index (χ1) is 16.9. The van der Waals surface area contributed by atoms with Crippen molar-refractivity contribution in [3.63, 3.8) is 0 Å². The van der Waals surface area contributed by atoms with Crippen molar-refractivity contribution in [1.29, 1.82) is 0 Å². The zero-order chi connectivity index (χ0) is 24.9. The Hall–Kier alpha value is -3.12. The van der Waals surface area contributed by atoms with Crippen LogP contribution in [0.5, 0.6) is 0 Å². The van der Waals surface area contributed by atoms with Crippen molar-refractivity contribution in [3.8, 4) is 16.9 Å². The van der Waals surface area contributed by atoms with Gasteiger partial charge >= 0.3 is 0 Å². The van der Waals surface area contributed by atoms with Crippen LogP contribution in [0.2, 0.25) is 5.02 Å². The van der Waals surface area contributed by atoms with E-state index in [9.17, 15) is 14.0 Å². The quantitative estimate of drug-likeness (QED) is 0.371. The smallest absolute Gasteiger partial charge is 0.255 e. The molecular formula is C28H31ClFN3O2. The average molecular weight is 496 g/mol. The van der Waals surface area contributed by atoms with Crippen LogP contribution in [-0.4, -0.2) is 52.4 Å². The fraction of sp³-hybridized carbons (Fsp3) is 0.357. The molecule has 35 heavy (non-hydrogen) atoms. The van der Waals surface area contributed by atoms with Crippen molar-refractivity contribution in [2.45, 2.75) is 39.5 Å². The summed E-state index contributed by atoms with van der Waals surface area (Å²) in [6.45, 7) is 6.09. The molecule has 1 aliphatic heterocycles. The highest BCUT2D eigenvalue weighted by atomic mass is 35.5. The number of hydrogen-bond donors (Lipinski definition) is 0. The monoisotopic (exact) mass is 495 g/mol. The molecular weight excluding hydrogens is 465 g/mol. The standard InChI is InChI=1S/C28H31ClFN3O2/c1-3-4-5-9-27(34)31-14-16-32(17-15-31)28(35)25-19-26(21-10-12-22(29)13-11-21)33(20(25)2)24-8-6-7-23(30)18-24/h6-8,10-13,18-19H,3-5,9,14-17H2,1-2H3. The summed E-state index contributed by atoms with van der Waals surface area (Å²) in [6.07, 6.45) is 3.63. The van der Waals surface area contributed by atoms with Crippen molar-refractivity contribution in [3.05, 3.63) is 76.7 Å². The van der Waals surface area contributed by atoms with Crippen LogP contribution < -0.4 is 0 Å². The Labute approximate surface area is 211 Å². The van der Waals surface area contributed by atoms with Crippen LogP contribution in [-0.2, 0) is 4.79 Å². The molecule has 7 heteroatoms. The molecule has 1 fully saturated rings.